The second kappa shape index (κ2) is 7.41. The average Bonchev–Trinajstić information content (AvgIpc) is 3.17. The van der Waals surface area contributed by atoms with Gasteiger partial charge in [-0.05, 0) is 24.6 Å². The fourth-order valence-corrected chi connectivity index (χ4v) is 5.84. The molecule has 2 heterocycles. The number of hydrogen-bond acceptors (Lipinski definition) is 7. The summed E-state index contributed by atoms with van der Waals surface area (Å²) in [5.74, 6) is -0.931. The van der Waals surface area contributed by atoms with Gasteiger partial charge < -0.3 is 4.74 Å². The van der Waals surface area contributed by atoms with Crippen LogP contribution in [0.15, 0.2) is 41.6 Å². The van der Waals surface area contributed by atoms with Crippen LogP contribution >= 0.6 is 0 Å². The van der Waals surface area contributed by atoms with Gasteiger partial charge >= 0.3 is 5.97 Å². The molecule has 1 aromatic heterocycles. The molecule has 1 fully saturated rings. The van der Waals surface area contributed by atoms with Crippen LogP contribution in [-0.4, -0.2) is 50.1 Å². The van der Waals surface area contributed by atoms with Crippen molar-refractivity contribution in [1.29, 1.82) is 0 Å². The van der Waals surface area contributed by atoms with E-state index in [4.69, 9.17) is 4.74 Å². The smallest absolute Gasteiger partial charge is 0.338 e. The monoisotopic (exact) mass is 413 g/mol. The van der Waals surface area contributed by atoms with E-state index in [2.05, 4.69) is 9.82 Å². The Kier molecular flexibility index (Phi) is 5.36. The third-order valence-electron chi connectivity index (χ3n) is 4.06. The molecule has 0 bridgehead atoms. The minimum absolute atomic E-state index is 0.0157. The van der Waals surface area contributed by atoms with Crippen molar-refractivity contribution in [3.8, 4) is 0 Å². The molecule has 1 aliphatic heterocycles. The molecule has 11 heteroatoms. The molecule has 0 unspecified atom stereocenters. The molecule has 0 aliphatic carbocycles. The van der Waals surface area contributed by atoms with Gasteiger partial charge in [0.2, 0.25) is 10.0 Å². The molecule has 1 aromatic carbocycles. The summed E-state index contributed by atoms with van der Waals surface area (Å²) < 4.78 is 57.1. The Bertz CT molecular complexity index is 1060. The zero-order valence-electron chi connectivity index (χ0n) is 14.5. The number of aromatic nitrogens is 2. The van der Waals surface area contributed by atoms with E-state index in [0.717, 1.165) is 0 Å². The maximum Gasteiger partial charge on any atom is 0.338 e. The molecule has 27 heavy (non-hydrogen) atoms. The van der Waals surface area contributed by atoms with E-state index < -0.39 is 31.9 Å². The number of esters is 1. The van der Waals surface area contributed by atoms with Crippen LogP contribution in [0, 0.1) is 0 Å². The summed E-state index contributed by atoms with van der Waals surface area (Å²) in [7, 11) is -5.42. The van der Waals surface area contributed by atoms with Crippen LogP contribution in [0.2, 0.25) is 0 Å². The minimum Gasteiger partial charge on any atom is -0.457 e. The van der Waals surface area contributed by atoms with Gasteiger partial charge in [0.25, 0.3) is 0 Å². The van der Waals surface area contributed by atoms with Crippen molar-refractivity contribution < 1.29 is 26.4 Å². The molecule has 0 radical (unpaired) electrons. The number of rotatable bonds is 6. The van der Waals surface area contributed by atoms with Crippen LogP contribution in [0.4, 0.5) is 0 Å². The molecule has 1 aliphatic rings. The zero-order chi connectivity index (χ0) is 19.7. The van der Waals surface area contributed by atoms with Gasteiger partial charge in [-0.3, -0.25) is 4.68 Å². The van der Waals surface area contributed by atoms with Gasteiger partial charge in [0.05, 0.1) is 28.2 Å². The largest absolute Gasteiger partial charge is 0.457 e. The Balaban J connectivity index is 1.69. The van der Waals surface area contributed by atoms with Gasteiger partial charge in [-0.15, -0.1) is 0 Å². The lowest BCUT2D eigenvalue weighted by atomic mass is 10.2. The van der Waals surface area contributed by atoms with Gasteiger partial charge in [0.15, 0.2) is 9.84 Å². The van der Waals surface area contributed by atoms with Crippen molar-refractivity contribution in [1.82, 2.24) is 14.5 Å². The van der Waals surface area contributed by atoms with E-state index >= 15 is 0 Å². The number of nitrogens with zero attached hydrogens (tertiary/aromatic N) is 2. The zero-order valence-corrected chi connectivity index (χ0v) is 16.2. The number of carbonyl (C=O) groups excluding carboxylic acids is 1. The summed E-state index contributed by atoms with van der Waals surface area (Å²) in [4.78, 5) is 12.1. The fourth-order valence-electron chi connectivity index (χ4n) is 2.74. The van der Waals surface area contributed by atoms with E-state index in [1.54, 1.807) is 24.1 Å². The van der Waals surface area contributed by atoms with E-state index in [9.17, 15) is 21.6 Å². The van der Waals surface area contributed by atoms with Crippen LogP contribution in [0.25, 0.3) is 0 Å². The van der Waals surface area contributed by atoms with Crippen molar-refractivity contribution in [2.75, 3.05) is 11.5 Å². The van der Waals surface area contributed by atoms with E-state index in [-0.39, 0.29) is 35.0 Å². The summed E-state index contributed by atoms with van der Waals surface area (Å²) in [5, 5.41) is 3.97. The average molecular weight is 413 g/mol. The van der Waals surface area contributed by atoms with Gasteiger partial charge in [-0.2, -0.15) is 5.10 Å². The molecule has 146 valence electrons. The van der Waals surface area contributed by atoms with Crippen molar-refractivity contribution in [3.63, 3.8) is 0 Å². The van der Waals surface area contributed by atoms with E-state index in [1.165, 1.54) is 24.3 Å². The fraction of sp³-hybridized carbons (Fsp3) is 0.375. The SMILES string of the molecule is Cn1cc(COC(=O)c2cccc(S(=O)(=O)N[C@H]3CCS(=O)(=O)C3)c2)cn1. The van der Waals surface area contributed by atoms with Gasteiger partial charge in [0.1, 0.15) is 6.61 Å². The molecule has 1 atom stereocenters. The number of benzene rings is 1. The summed E-state index contributed by atoms with van der Waals surface area (Å²) in [6.45, 7) is 0.0157. The van der Waals surface area contributed by atoms with Crippen molar-refractivity contribution >= 4 is 25.8 Å². The Labute approximate surface area is 157 Å². The lowest BCUT2D eigenvalue weighted by molar-refractivity contribution is 0.0472. The van der Waals surface area contributed by atoms with Crippen LogP contribution in [0.1, 0.15) is 22.3 Å². The second-order valence-electron chi connectivity index (χ2n) is 6.35. The summed E-state index contributed by atoms with van der Waals surface area (Å²) >= 11 is 0. The van der Waals surface area contributed by atoms with Gasteiger partial charge in [-0.1, -0.05) is 6.07 Å². The third-order valence-corrected chi connectivity index (χ3v) is 7.35. The third kappa shape index (κ3) is 4.93. The Morgan fingerprint density at radius 3 is 2.81 bits per heavy atom. The lowest BCUT2D eigenvalue weighted by Gasteiger charge is -2.12. The number of sulfonamides is 1. The summed E-state index contributed by atoms with van der Waals surface area (Å²) in [5.41, 5.74) is 0.791. The molecule has 1 N–H and O–H groups in total. The van der Waals surface area contributed by atoms with Crippen molar-refractivity contribution in [3.05, 3.63) is 47.8 Å². The Morgan fingerprint density at radius 1 is 1.41 bits per heavy atom. The number of carbonyl (C=O) groups is 1. The van der Waals surface area contributed by atoms with Crippen LogP contribution < -0.4 is 4.72 Å². The highest BCUT2D eigenvalue weighted by atomic mass is 32.2. The maximum atomic E-state index is 12.5. The van der Waals surface area contributed by atoms with Crippen molar-refractivity contribution in [2.24, 2.45) is 7.05 Å². The number of sulfone groups is 1. The highest BCUT2D eigenvalue weighted by Gasteiger charge is 2.31. The minimum atomic E-state index is -3.95. The van der Waals surface area contributed by atoms with E-state index in [1.807, 2.05) is 0 Å². The first-order chi connectivity index (χ1) is 12.6. The molecule has 0 amide bonds. The second-order valence-corrected chi connectivity index (χ2v) is 10.3. The predicted molar refractivity (Wildman–Crippen MR) is 96.1 cm³/mol. The number of aryl methyl sites for hydroxylation is 1. The number of ether oxygens (including phenoxy) is 1. The van der Waals surface area contributed by atoms with Crippen LogP contribution in [-0.2, 0) is 38.3 Å². The standard InChI is InChI=1S/C16H19N3O6S2/c1-19-9-12(8-17-19)10-25-16(20)13-3-2-4-15(7-13)27(23,24)18-14-5-6-26(21,22)11-14/h2-4,7-9,14,18H,5-6,10-11H2,1H3/t14-/m0/s1. The number of hydrogen-bond donors (Lipinski definition) is 1. The highest BCUT2D eigenvalue weighted by molar-refractivity contribution is 7.92. The summed E-state index contributed by atoms with van der Waals surface area (Å²) in [6, 6.07) is 4.76. The molecule has 2 aromatic rings. The Hall–Kier alpha value is -2.24. The summed E-state index contributed by atoms with van der Waals surface area (Å²) in [6.07, 6.45) is 3.50. The van der Waals surface area contributed by atoms with E-state index in [0.29, 0.717) is 5.56 Å². The van der Waals surface area contributed by atoms with Gasteiger partial charge in [0, 0.05) is 24.8 Å². The quantitative estimate of drug-likeness (QED) is 0.673. The molecule has 0 spiro atoms. The lowest BCUT2D eigenvalue weighted by Crippen LogP contribution is -2.35. The molecule has 0 saturated carbocycles. The first-order valence-corrected chi connectivity index (χ1v) is 11.4. The van der Waals surface area contributed by atoms with Crippen LogP contribution in [0.5, 0.6) is 0 Å². The molecule has 1 saturated heterocycles. The highest BCUT2D eigenvalue weighted by Crippen LogP contribution is 2.17. The van der Waals surface area contributed by atoms with Crippen molar-refractivity contribution in [2.45, 2.75) is 24.0 Å². The molecule has 3 rings (SSSR count). The Morgan fingerprint density at radius 2 is 2.19 bits per heavy atom. The first kappa shape index (κ1) is 19.5. The van der Waals surface area contributed by atoms with Crippen LogP contribution in [0.3, 0.4) is 0 Å². The molecule has 9 nitrogen and oxygen atoms in total. The first-order valence-electron chi connectivity index (χ1n) is 8.12. The molecular weight excluding hydrogens is 394 g/mol. The topological polar surface area (TPSA) is 124 Å². The number of nitrogens with one attached hydrogen (secondary N) is 1. The predicted octanol–water partition coefficient (Wildman–Crippen LogP) is 0.243. The molecular formula is C16H19N3O6S2. The van der Waals surface area contributed by atoms with Gasteiger partial charge in [-0.25, -0.2) is 26.4 Å². The maximum absolute atomic E-state index is 12.5. The normalized spacial score (nSPS) is 19.1.